The molecule has 184 valence electrons. The normalized spacial score (nSPS) is 14.3. The molecule has 1 saturated heterocycles. The van der Waals surface area contributed by atoms with Crippen molar-refractivity contribution >= 4 is 46.3 Å². The van der Waals surface area contributed by atoms with E-state index in [9.17, 15) is 9.59 Å². The Morgan fingerprint density at radius 2 is 1.58 bits per heavy atom. The third kappa shape index (κ3) is 6.96. The van der Waals surface area contributed by atoms with Crippen LogP contribution >= 0.6 is 24.0 Å². The number of ether oxygens (including phenoxy) is 2. The number of aliphatic carboxylic acids is 1. The summed E-state index contributed by atoms with van der Waals surface area (Å²) in [6, 6.07) is 25.2. The first-order valence-electron chi connectivity index (χ1n) is 11.4. The van der Waals surface area contributed by atoms with E-state index in [2.05, 4.69) is 0 Å². The Morgan fingerprint density at radius 3 is 2.22 bits per heavy atom. The maximum absolute atomic E-state index is 12.9. The van der Waals surface area contributed by atoms with Crippen molar-refractivity contribution in [1.29, 1.82) is 0 Å². The number of carboxylic acids is 1. The van der Waals surface area contributed by atoms with E-state index in [-0.39, 0.29) is 18.9 Å². The Morgan fingerprint density at radius 1 is 0.944 bits per heavy atom. The molecule has 0 atom stereocenters. The summed E-state index contributed by atoms with van der Waals surface area (Å²) in [5, 5.41) is 8.88. The van der Waals surface area contributed by atoms with E-state index in [1.165, 1.54) is 16.7 Å². The molecule has 1 N–H and O–H groups in total. The van der Waals surface area contributed by atoms with E-state index in [0.29, 0.717) is 40.4 Å². The van der Waals surface area contributed by atoms with Crippen LogP contribution < -0.4 is 9.47 Å². The summed E-state index contributed by atoms with van der Waals surface area (Å²) in [5.41, 5.74) is 2.80. The fourth-order valence-corrected chi connectivity index (χ4v) is 4.85. The van der Waals surface area contributed by atoms with Crippen LogP contribution in [0.3, 0.4) is 0 Å². The largest absolute Gasteiger partial charge is 0.489 e. The van der Waals surface area contributed by atoms with Crippen LogP contribution in [0.4, 0.5) is 0 Å². The zero-order valence-corrected chi connectivity index (χ0v) is 21.1. The minimum Gasteiger partial charge on any atom is -0.489 e. The first-order chi connectivity index (χ1) is 17.5. The van der Waals surface area contributed by atoms with Gasteiger partial charge in [-0.1, -0.05) is 84.6 Å². The van der Waals surface area contributed by atoms with Crippen molar-refractivity contribution in [2.45, 2.75) is 26.1 Å². The van der Waals surface area contributed by atoms with Crippen molar-refractivity contribution in [1.82, 2.24) is 4.90 Å². The summed E-state index contributed by atoms with van der Waals surface area (Å²) in [5.74, 6) is 0.111. The third-order valence-corrected chi connectivity index (χ3v) is 6.78. The SMILES string of the molecule is O=C(O)CCCN1C(=O)C(=Cc2ccc(OCc3ccccc3)cc2OCc2ccccc2)SC1=S. The Hall–Kier alpha value is -3.62. The highest BCUT2D eigenvalue weighted by molar-refractivity contribution is 8.26. The van der Waals surface area contributed by atoms with Gasteiger partial charge in [0.2, 0.25) is 0 Å². The van der Waals surface area contributed by atoms with Crippen LogP contribution in [0.1, 0.15) is 29.5 Å². The molecule has 6 nitrogen and oxygen atoms in total. The number of thioether (sulfide) groups is 1. The molecule has 0 bridgehead atoms. The fourth-order valence-electron chi connectivity index (χ4n) is 3.55. The van der Waals surface area contributed by atoms with Crippen LogP contribution in [0.25, 0.3) is 6.08 Å². The van der Waals surface area contributed by atoms with Crippen molar-refractivity contribution in [3.05, 3.63) is 100 Å². The maximum atomic E-state index is 12.9. The molecule has 1 heterocycles. The highest BCUT2D eigenvalue weighted by Gasteiger charge is 2.32. The number of rotatable bonds is 11. The lowest BCUT2D eigenvalue weighted by atomic mass is 10.1. The molecule has 8 heteroatoms. The van der Waals surface area contributed by atoms with Crippen molar-refractivity contribution < 1.29 is 24.2 Å². The molecular formula is C28H25NO5S2. The predicted molar refractivity (Wildman–Crippen MR) is 145 cm³/mol. The zero-order chi connectivity index (χ0) is 25.3. The number of nitrogens with zero attached hydrogens (tertiary/aromatic N) is 1. The third-order valence-electron chi connectivity index (χ3n) is 5.40. The average Bonchev–Trinajstić information content (AvgIpc) is 3.15. The molecule has 3 aromatic carbocycles. The monoisotopic (exact) mass is 519 g/mol. The van der Waals surface area contributed by atoms with E-state index in [0.717, 1.165) is 16.7 Å². The second-order valence-electron chi connectivity index (χ2n) is 8.08. The quantitative estimate of drug-likeness (QED) is 0.249. The van der Waals surface area contributed by atoms with Gasteiger partial charge in [0.1, 0.15) is 29.0 Å². The van der Waals surface area contributed by atoms with E-state index in [4.69, 9.17) is 26.8 Å². The van der Waals surface area contributed by atoms with Crippen LogP contribution in [0.5, 0.6) is 11.5 Å². The molecule has 1 aliphatic heterocycles. The number of carbonyl (C=O) groups excluding carboxylic acids is 1. The molecule has 0 aliphatic carbocycles. The number of benzene rings is 3. The summed E-state index contributed by atoms with van der Waals surface area (Å²) < 4.78 is 12.6. The molecule has 0 aromatic heterocycles. The minimum atomic E-state index is -0.897. The summed E-state index contributed by atoms with van der Waals surface area (Å²) in [7, 11) is 0. The molecular weight excluding hydrogens is 494 g/mol. The second-order valence-corrected chi connectivity index (χ2v) is 9.75. The highest BCUT2D eigenvalue weighted by atomic mass is 32.2. The lowest BCUT2D eigenvalue weighted by Crippen LogP contribution is -2.29. The smallest absolute Gasteiger partial charge is 0.303 e. The Labute approximate surface area is 219 Å². The molecule has 1 aliphatic rings. The molecule has 3 aromatic rings. The van der Waals surface area contributed by atoms with Crippen molar-refractivity contribution in [3.8, 4) is 11.5 Å². The molecule has 1 fully saturated rings. The van der Waals surface area contributed by atoms with Gasteiger partial charge in [-0.2, -0.15) is 0 Å². The maximum Gasteiger partial charge on any atom is 0.303 e. The number of hydrogen-bond acceptors (Lipinski definition) is 6. The molecule has 0 spiro atoms. The number of amides is 1. The Kier molecular flexibility index (Phi) is 8.76. The van der Waals surface area contributed by atoms with Gasteiger partial charge in [-0.05, 0) is 35.8 Å². The summed E-state index contributed by atoms with van der Waals surface area (Å²) >= 11 is 6.57. The number of hydrogen-bond donors (Lipinski definition) is 1. The van der Waals surface area contributed by atoms with Crippen LogP contribution in [-0.2, 0) is 22.8 Å². The number of carbonyl (C=O) groups is 2. The first kappa shape index (κ1) is 25.5. The van der Waals surface area contributed by atoms with Crippen molar-refractivity contribution in [2.75, 3.05) is 6.54 Å². The van der Waals surface area contributed by atoms with Crippen LogP contribution in [0.2, 0.25) is 0 Å². The van der Waals surface area contributed by atoms with Crippen LogP contribution in [0.15, 0.2) is 83.8 Å². The van der Waals surface area contributed by atoms with Crippen molar-refractivity contribution in [2.24, 2.45) is 0 Å². The van der Waals surface area contributed by atoms with Crippen LogP contribution in [-0.4, -0.2) is 32.7 Å². The highest BCUT2D eigenvalue weighted by Crippen LogP contribution is 2.36. The molecule has 0 saturated carbocycles. The van der Waals surface area contributed by atoms with Gasteiger partial charge in [0.15, 0.2) is 0 Å². The Balaban J connectivity index is 1.54. The van der Waals surface area contributed by atoms with Crippen LogP contribution in [0, 0.1) is 0 Å². The molecule has 0 radical (unpaired) electrons. The summed E-state index contributed by atoms with van der Waals surface area (Å²) in [6.07, 6.45) is 2.09. The summed E-state index contributed by atoms with van der Waals surface area (Å²) in [6.45, 7) is 1.06. The number of thiocarbonyl (C=S) groups is 1. The van der Waals surface area contributed by atoms with Gasteiger partial charge in [0.05, 0.1) is 4.91 Å². The molecule has 1 amide bonds. The van der Waals surface area contributed by atoms with Gasteiger partial charge < -0.3 is 14.6 Å². The van der Waals surface area contributed by atoms with E-state index < -0.39 is 5.97 Å². The first-order valence-corrected chi connectivity index (χ1v) is 12.7. The standard InChI is InChI=1S/C28H25NO5S2/c30-26(31)12-7-15-29-27(32)25(36-28(29)35)16-22-13-14-23(33-18-20-8-3-1-4-9-20)17-24(22)34-19-21-10-5-2-6-11-21/h1-6,8-11,13-14,16-17H,7,12,15,18-19H2,(H,30,31). The van der Waals surface area contributed by atoms with Gasteiger partial charge in [-0.25, -0.2) is 0 Å². The predicted octanol–water partition coefficient (Wildman–Crippen LogP) is 5.91. The number of carboxylic acid groups (broad SMARTS) is 1. The summed E-state index contributed by atoms with van der Waals surface area (Å²) in [4.78, 5) is 25.7. The van der Waals surface area contributed by atoms with E-state index >= 15 is 0 Å². The minimum absolute atomic E-state index is 0.0158. The average molecular weight is 520 g/mol. The van der Waals surface area contributed by atoms with Gasteiger partial charge in [0, 0.05) is 24.6 Å². The van der Waals surface area contributed by atoms with Gasteiger partial charge in [-0.3, -0.25) is 14.5 Å². The lowest BCUT2D eigenvalue weighted by Gasteiger charge is -2.14. The lowest BCUT2D eigenvalue weighted by molar-refractivity contribution is -0.137. The molecule has 36 heavy (non-hydrogen) atoms. The van der Waals surface area contributed by atoms with E-state index in [1.807, 2.05) is 78.9 Å². The zero-order valence-electron chi connectivity index (χ0n) is 19.5. The Bertz CT molecular complexity index is 1260. The molecule has 4 rings (SSSR count). The van der Waals surface area contributed by atoms with Gasteiger partial charge in [0.25, 0.3) is 5.91 Å². The van der Waals surface area contributed by atoms with Crippen molar-refractivity contribution in [3.63, 3.8) is 0 Å². The topological polar surface area (TPSA) is 76.1 Å². The fraction of sp³-hybridized carbons (Fsp3) is 0.179. The van der Waals surface area contributed by atoms with E-state index in [1.54, 1.807) is 6.08 Å². The molecule has 0 unspecified atom stereocenters. The van der Waals surface area contributed by atoms with Gasteiger partial charge in [-0.15, -0.1) is 0 Å². The van der Waals surface area contributed by atoms with Gasteiger partial charge >= 0.3 is 5.97 Å². The second kappa shape index (κ2) is 12.4.